The normalized spacial score (nSPS) is 13.6. The molecule has 1 aromatic rings. The van der Waals surface area contributed by atoms with Crippen LogP contribution in [0.4, 0.5) is 8.78 Å². The number of benzene rings is 1. The van der Waals surface area contributed by atoms with Crippen LogP contribution in [0.5, 0.6) is 5.75 Å². The van der Waals surface area contributed by atoms with Crippen molar-refractivity contribution in [3.63, 3.8) is 0 Å². The van der Waals surface area contributed by atoms with Gasteiger partial charge in [-0.05, 0) is 25.1 Å². The second-order valence-electron chi connectivity index (χ2n) is 4.68. The Labute approximate surface area is 123 Å². The zero-order valence-electron chi connectivity index (χ0n) is 12.3. The summed E-state index contributed by atoms with van der Waals surface area (Å²) < 4.78 is 36.9. The quantitative estimate of drug-likeness (QED) is 0.750. The van der Waals surface area contributed by atoms with Crippen molar-refractivity contribution in [3.05, 3.63) is 29.6 Å². The Morgan fingerprint density at radius 3 is 2.71 bits per heavy atom. The van der Waals surface area contributed by atoms with Crippen molar-refractivity contribution in [1.29, 1.82) is 0 Å². The molecule has 0 bridgehead atoms. The van der Waals surface area contributed by atoms with Gasteiger partial charge in [0.25, 0.3) is 0 Å². The van der Waals surface area contributed by atoms with Crippen LogP contribution in [-0.2, 0) is 9.53 Å². The summed E-state index contributed by atoms with van der Waals surface area (Å²) in [7, 11) is 1.41. The SMILES string of the molecule is CCCC(F)OC(=O)CC(CN)c1c(F)cccc1OC. The molecule has 0 saturated carbocycles. The Balaban J connectivity index is 2.82. The number of rotatable bonds is 8. The van der Waals surface area contributed by atoms with Gasteiger partial charge in [-0.3, -0.25) is 4.79 Å². The summed E-state index contributed by atoms with van der Waals surface area (Å²) in [5.41, 5.74) is 5.82. The van der Waals surface area contributed by atoms with Gasteiger partial charge in [-0.2, -0.15) is 0 Å². The molecule has 0 radical (unpaired) electrons. The summed E-state index contributed by atoms with van der Waals surface area (Å²) in [5.74, 6) is -1.56. The summed E-state index contributed by atoms with van der Waals surface area (Å²) in [4.78, 5) is 11.7. The molecule has 6 heteroatoms. The van der Waals surface area contributed by atoms with Crippen LogP contribution < -0.4 is 10.5 Å². The average Bonchev–Trinajstić information content (AvgIpc) is 2.45. The molecule has 0 aliphatic heterocycles. The molecule has 0 heterocycles. The lowest BCUT2D eigenvalue weighted by Crippen LogP contribution is -2.22. The fourth-order valence-corrected chi connectivity index (χ4v) is 2.07. The zero-order chi connectivity index (χ0) is 15.8. The lowest BCUT2D eigenvalue weighted by atomic mass is 9.94. The molecule has 1 aromatic carbocycles. The van der Waals surface area contributed by atoms with Crippen molar-refractivity contribution in [2.45, 2.75) is 38.5 Å². The Bertz CT molecular complexity index is 468. The van der Waals surface area contributed by atoms with Gasteiger partial charge in [-0.1, -0.05) is 13.0 Å². The van der Waals surface area contributed by atoms with E-state index in [4.69, 9.17) is 10.5 Å². The van der Waals surface area contributed by atoms with Gasteiger partial charge in [-0.15, -0.1) is 0 Å². The van der Waals surface area contributed by atoms with E-state index in [0.717, 1.165) is 0 Å². The summed E-state index contributed by atoms with van der Waals surface area (Å²) >= 11 is 0. The maximum absolute atomic E-state index is 13.9. The first-order valence-corrected chi connectivity index (χ1v) is 6.89. The van der Waals surface area contributed by atoms with Crippen LogP contribution in [0.2, 0.25) is 0 Å². The van der Waals surface area contributed by atoms with Crippen molar-refractivity contribution < 1.29 is 23.0 Å². The summed E-state index contributed by atoms with van der Waals surface area (Å²) in [5, 5.41) is 0. The third-order valence-electron chi connectivity index (χ3n) is 3.11. The van der Waals surface area contributed by atoms with Gasteiger partial charge < -0.3 is 15.2 Å². The number of halogens is 2. The average molecular weight is 301 g/mol. The van der Waals surface area contributed by atoms with Crippen LogP contribution in [0, 0.1) is 5.82 Å². The maximum Gasteiger partial charge on any atom is 0.308 e. The van der Waals surface area contributed by atoms with Gasteiger partial charge in [0.1, 0.15) is 11.6 Å². The molecule has 0 aliphatic rings. The smallest absolute Gasteiger partial charge is 0.308 e. The molecule has 0 saturated heterocycles. The molecule has 4 nitrogen and oxygen atoms in total. The van der Waals surface area contributed by atoms with Gasteiger partial charge in [-0.25, -0.2) is 8.78 Å². The standard InChI is InChI=1S/C15H21F2NO3/c1-3-5-13(17)21-14(19)8-10(9-18)15-11(16)6-4-7-12(15)20-2/h4,6-7,10,13H,3,5,8-9,18H2,1-2H3. The summed E-state index contributed by atoms with van der Waals surface area (Å²) in [6.07, 6.45) is -1.13. The number of hydrogen-bond acceptors (Lipinski definition) is 4. The Morgan fingerprint density at radius 2 is 2.14 bits per heavy atom. The molecule has 0 aliphatic carbocycles. The highest BCUT2D eigenvalue weighted by Gasteiger charge is 2.24. The molecular formula is C15H21F2NO3. The number of methoxy groups -OCH3 is 1. The van der Waals surface area contributed by atoms with Crippen LogP contribution in [0.3, 0.4) is 0 Å². The van der Waals surface area contributed by atoms with Gasteiger partial charge in [0.05, 0.1) is 13.5 Å². The van der Waals surface area contributed by atoms with E-state index in [-0.39, 0.29) is 24.9 Å². The zero-order valence-corrected chi connectivity index (χ0v) is 12.3. The first kappa shape index (κ1) is 17.4. The molecular weight excluding hydrogens is 280 g/mol. The maximum atomic E-state index is 13.9. The highest BCUT2D eigenvalue weighted by atomic mass is 19.1. The van der Waals surface area contributed by atoms with Crippen LogP contribution >= 0.6 is 0 Å². The largest absolute Gasteiger partial charge is 0.496 e. The second kappa shape index (κ2) is 8.56. The number of alkyl halides is 1. The summed E-state index contributed by atoms with van der Waals surface area (Å²) in [6, 6.07) is 4.35. The van der Waals surface area contributed by atoms with E-state index < -0.39 is 24.1 Å². The van der Waals surface area contributed by atoms with E-state index >= 15 is 0 Å². The lowest BCUT2D eigenvalue weighted by Gasteiger charge is -2.19. The first-order chi connectivity index (χ1) is 10.0. The van der Waals surface area contributed by atoms with Crippen LogP contribution in [0.15, 0.2) is 18.2 Å². The van der Waals surface area contributed by atoms with Crippen molar-refractivity contribution >= 4 is 5.97 Å². The van der Waals surface area contributed by atoms with Crippen molar-refractivity contribution in [2.75, 3.05) is 13.7 Å². The first-order valence-electron chi connectivity index (χ1n) is 6.89. The van der Waals surface area contributed by atoms with Crippen molar-refractivity contribution in [3.8, 4) is 5.75 Å². The van der Waals surface area contributed by atoms with Crippen molar-refractivity contribution in [1.82, 2.24) is 0 Å². The van der Waals surface area contributed by atoms with Gasteiger partial charge in [0, 0.05) is 17.9 Å². The number of carbonyl (C=O) groups is 1. The van der Waals surface area contributed by atoms with E-state index in [1.807, 2.05) is 0 Å². The minimum Gasteiger partial charge on any atom is -0.496 e. The topological polar surface area (TPSA) is 61.5 Å². The van der Waals surface area contributed by atoms with E-state index in [1.54, 1.807) is 13.0 Å². The third-order valence-corrected chi connectivity index (χ3v) is 3.11. The van der Waals surface area contributed by atoms with Crippen LogP contribution in [0.1, 0.15) is 37.7 Å². The molecule has 0 spiro atoms. The van der Waals surface area contributed by atoms with E-state index in [1.165, 1.54) is 19.2 Å². The molecule has 21 heavy (non-hydrogen) atoms. The molecule has 118 valence electrons. The van der Waals surface area contributed by atoms with E-state index in [2.05, 4.69) is 4.74 Å². The summed E-state index contributed by atoms with van der Waals surface area (Å²) in [6.45, 7) is 1.81. The van der Waals surface area contributed by atoms with Gasteiger partial charge >= 0.3 is 5.97 Å². The number of nitrogens with two attached hydrogens (primary N) is 1. The van der Waals surface area contributed by atoms with Crippen LogP contribution in [0.25, 0.3) is 0 Å². The minimum absolute atomic E-state index is 0.0249. The van der Waals surface area contributed by atoms with Gasteiger partial charge in [0.15, 0.2) is 0 Å². The Kier molecular flexibility index (Phi) is 7.08. The molecule has 1 rings (SSSR count). The van der Waals surface area contributed by atoms with E-state index in [9.17, 15) is 13.6 Å². The second-order valence-corrected chi connectivity index (χ2v) is 4.68. The van der Waals surface area contributed by atoms with E-state index in [0.29, 0.717) is 12.2 Å². The number of ether oxygens (including phenoxy) is 2. The number of esters is 1. The fourth-order valence-electron chi connectivity index (χ4n) is 2.07. The number of hydrogen-bond donors (Lipinski definition) is 1. The van der Waals surface area contributed by atoms with Crippen LogP contribution in [-0.4, -0.2) is 26.0 Å². The molecule has 0 amide bonds. The highest BCUT2D eigenvalue weighted by Crippen LogP contribution is 2.31. The monoisotopic (exact) mass is 301 g/mol. The predicted octanol–water partition coefficient (Wildman–Crippen LogP) is 2.91. The lowest BCUT2D eigenvalue weighted by molar-refractivity contribution is -0.158. The minimum atomic E-state index is -1.64. The Morgan fingerprint density at radius 1 is 1.43 bits per heavy atom. The molecule has 2 unspecified atom stereocenters. The molecule has 0 aromatic heterocycles. The molecule has 0 fully saturated rings. The van der Waals surface area contributed by atoms with Crippen molar-refractivity contribution in [2.24, 2.45) is 5.73 Å². The molecule has 2 N–H and O–H groups in total. The Hall–Kier alpha value is -1.69. The molecule has 2 atom stereocenters. The predicted molar refractivity (Wildman–Crippen MR) is 75.3 cm³/mol. The third kappa shape index (κ3) is 4.97. The number of carbonyl (C=O) groups excluding carboxylic acids is 1. The fraction of sp³-hybridized carbons (Fsp3) is 0.533. The van der Waals surface area contributed by atoms with Gasteiger partial charge in [0.2, 0.25) is 6.36 Å². The highest BCUT2D eigenvalue weighted by molar-refractivity contribution is 5.71.